The van der Waals surface area contributed by atoms with Crippen LogP contribution in [-0.2, 0) is 0 Å². The Morgan fingerprint density at radius 2 is 0.847 bits per heavy atom. The maximum absolute atomic E-state index is 2.47. The zero-order valence-corrected chi connectivity index (χ0v) is 33.5. The van der Waals surface area contributed by atoms with Gasteiger partial charge in [-0.15, -0.1) is 22.7 Å². The van der Waals surface area contributed by atoms with Gasteiger partial charge in [-0.2, -0.15) is 0 Å². The molecule has 0 bridgehead atoms. The fraction of sp³-hybridized carbons (Fsp3) is 0. The van der Waals surface area contributed by atoms with Crippen LogP contribution < -0.4 is 9.80 Å². The number of para-hydroxylation sites is 4. The molecule has 0 aliphatic heterocycles. The summed E-state index contributed by atoms with van der Waals surface area (Å²) >= 11 is 3.75. The van der Waals surface area contributed by atoms with Crippen molar-refractivity contribution in [2.75, 3.05) is 9.80 Å². The smallest absolute Gasteiger partial charge is 0.109 e. The fourth-order valence-corrected chi connectivity index (χ4v) is 11.3. The third kappa shape index (κ3) is 5.54. The van der Waals surface area contributed by atoms with E-state index in [1.54, 1.807) is 0 Å². The van der Waals surface area contributed by atoms with E-state index in [1.807, 2.05) is 22.7 Å². The second-order valence-electron chi connectivity index (χ2n) is 15.0. The summed E-state index contributed by atoms with van der Waals surface area (Å²) in [6.07, 6.45) is 0. The Hall–Kier alpha value is -7.18. The number of rotatable bonds is 7. The number of thiophene rings is 2. The number of fused-ring (bicyclic) bond motifs is 10. The molecule has 0 amide bonds. The number of anilines is 6. The molecule has 0 aliphatic carbocycles. The zero-order chi connectivity index (χ0) is 38.9. The van der Waals surface area contributed by atoms with E-state index in [9.17, 15) is 0 Å². The van der Waals surface area contributed by atoms with Crippen LogP contribution in [0.5, 0.6) is 0 Å². The van der Waals surface area contributed by atoms with Crippen molar-refractivity contribution in [1.82, 2.24) is 4.57 Å². The topological polar surface area (TPSA) is 11.4 Å². The quantitative estimate of drug-likeness (QED) is 0.159. The van der Waals surface area contributed by atoms with Crippen LogP contribution in [0.3, 0.4) is 0 Å². The number of hydrogen-bond donors (Lipinski definition) is 0. The second-order valence-corrected chi connectivity index (χ2v) is 17.0. The van der Waals surface area contributed by atoms with E-state index in [0.29, 0.717) is 0 Å². The summed E-state index contributed by atoms with van der Waals surface area (Å²) < 4.78 is 6.38. The van der Waals surface area contributed by atoms with Crippen molar-refractivity contribution in [2.45, 2.75) is 0 Å². The lowest BCUT2D eigenvalue weighted by Crippen LogP contribution is -2.10. The van der Waals surface area contributed by atoms with Crippen molar-refractivity contribution >= 4 is 119 Å². The molecule has 0 N–H and O–H groups in total. The monoisotopic (exact) mass is 789 g/mol. The summed E-state index contributed by atoms with van der Waals surface area (Å²) in [5.74, 6) is 0. The summed E-state index contributed by atoms with van der Waals surface area (Å²) in [4.78, 5) is 6.00. The Bertz CT molecular complexity index is 3460. The van der Waals surface area contributed by atoms with Crippen LogP contribution in [-0.4, -0.2) is 4.57 Å². The molecule has 0 saturated carbocycles. The minimum atomic E-state index is 1.11. The van der Waals surface area contributed by atoms with Crippen molar-refractivity contribution in [3.05, 3.63) is 212 Å². The van der Waals surface area contributed by atoms with Gasteiger partial charge in [0.15, 0.2) is 0 Å². The van der Waals surface area contributed by atoms with Crippen LogP contribution in [0.4, 0.5) is 34.1 Å². The second kappa shape index (κ2) is 13.7. The third-order valence-electron chi connectivity index (χ3n) is 11.5. The van der Waals surface area contributed by atoms with Crippen molar-refractivity contribution in [3.63, 3.8) is 0 Å². The van der Waals surface area contributed by atoms with E-state index in [0.717, 1.165) is 39.8 Å². The maximum Gasteiger partial charge on any atom is 0.109 e. The molecule has 0 fully saturated rings. The summed E-state index contributed by atoms with van der Waals surface area (Å²) in [5, 5.41) is 8.95. The van der Waals surface area contributed by atoms with Gasteiger partial charge in [-0.25, -0.2) is 0 Å². The first-order valence-corrected chi connectivity index (χ1v) is 21.6. The summed E-state index contributed by atoms with van der Waals surface area (Å²) in [7, 11) is 0. The molecular formula is C54H35N3S2. The van der Waals surface area contributed by atoms with Gasteiger partial charge in [0.25, 0.3) is 0 Å². The van der Waals surface area contributed by atoms with Crippen LogP contribution in [0.2, 0.25) is 0 Å². The van der Waals surface area contributed by atoms with Crippen LogP contribution >= 0.6 is 22.7 Å². The maximum atomic E-state index is 2.47. The van der Waals surface area contributed by atoms with E-state index in [2.05, 4.69) is 227 Å². The normalized spacial score (nSPS) is 11.7. The van der Waals surface area contributed by atoms with Crippen molar-refractivity contribution in [2.24, 2.45) is 0 Å². The lowest BCUT2D eigenvalue weighted by Gasteiger charge is -2.26. The Balaban J connectivity index is 1.08. The summed E-state index contributed by atoms with van der Waals surface area (Å²) in [5.41, 5.74) is 9.08. The SMILES string of the molecule is c1ccc(N(c2ccccc2)c2ccc3sc4c(c3c2)c2ccc(N(c3ccccc3)c3ccc5sc6c7ccccc7ccc6c5c3)cc2n4-c2ccccc2)cc1. The third-order valence-corrected chi connectivity index (χ3v) is 13.9. The molecule has 0 spiro atoms. The number of hydrogen-bond acceptors (Lipinski definition) is 4. The Labute approximate surface area is 349 Å². The zero-order valence-electron chi connectivity index (χ0n) is 31.9. The van der Waals surface area contributed by atoms with Crippen molar-refractivity contribution < 1.29 is 0 Å². The lowest BCUT2D eigenvalue weighted by atomic mass is 10.1. The van der Waals surface area contributed by atoms with Gasteiger partial charge in [-0.3, -0.25) is 0 Å². The largest absolute Gasteiger partial charge is 0.310 e. The average Bonchev–Trinajstić information content (AvgIpc) is 3.96. The highest BCUT2D eigenvalue weighted by Crippen LogP contribution is 2.48. The molecule has 59 heavy (non-hydrogen) atoms. The molecule has 278 valence electrons. The minimum Gasteiger partial charge on any atom is -0.310 e. The molecule has 12 aromatic rings. The standard InChI is InChI=1S/C54H35N3S2/c1-5-16-37(17-6-1)55(38-18-7-2-8-19-38)42-28-32-51-48(34-42)52-46-30-26-43(35-49(46)57(54(52)59-51)40-22-11-4-12-23-40)56(39-20-9-3-10-21-39)41-27-31-50-47(33-41)45-29-25-36-15-13-14-24-44(36)53(45)58-50/h1-35H. The number of nitrogens with zero attached hydrogens (tertiary/aromatic N) is 3. The Morgan fingerprint density at radius 3 is 1.51 bits per heavy atom. The van der Waals surface area contributed by atoms with Gasteiger partial charge in [-0.05, 0) is 108 Å². The molecule has 0 atom stereocenters. The predicted octanol–water partition coefficient (Wildman–Crippen LogP) is 16.5. The molecule has 3 aromatic heterocycles. The number of benzene rings is 9. The van der Waals surface area contributed by atoms with Crippen LogP contribution in [0.1, 0.15) is 0 Å². The van der Waals surface area contributed by atoms with E-state index in [1.165, 1.54) is 62.2 Å². The lowest BCUT2D eigenvalue weighted by molar-refractivity contribution is 1.19. The van der Waals surface area contributed by atoms with Gasteiger partial charge >= 0.3 is 0 Å². The van der Waals surface area contributed by atoms with Crippen molar-refractivity contribution in [1.29, 1.82) is 0 Å². The summed E-state index contributed by atoms with van der Waals surface area (Å²) in [6.45, 7) is 0. The molecule has 5 heteroatoms. The Morgan fingerprint density at radius 1 is 0.339 bits per heavy atom. The highest BCUT2D eigenvalue weighted by Gasteiger charge is 2.23. The first kappa shape index (κ1) is 33.9. The predicted molar refractivity (Wildman–Crippen MR) is 256 cm³/mol. The molecule has 0 aliphatic rings. The molecule has 12 rings (SSSR count). The summed E-state index contributed by atoms with van der Waals surface area (Å²) in [6, 6.07) is 77.2. The van der Waals surface area contributed by atoms with Crippen LogP contribution in [0, 0.1) is 0 Å². The average molecular weight is 790 g/mol. The van der Waals surface area contributed by atoms with E-state index in [-0.39, 0.29) is 0 Å². The molecule has 0 saturated heterocycles. The van der Waals surface area contributed by atoms with Gasteiger partial charge in [0.05, 0.1) is 5.52 Å². The van der Waals surface area contributed by atoms with Crippen LogP contribution in [0.25, 0.3) is 67.8 Å². The van der Waals surface area contributed by atoms with Crippen LogP contribution in [0.15, 0.2) is 212 Å². The Kier molecular flexibility index (Phi) is 7.90. The van der Waals surface area contributed by atoms with E-state index >= 15 is 0 Å². The van der Waals surface area contributed by atoms with E-state index in [4.69, 9.17) is 0 Å². The highest BCUT2D eigenvalue weighted by molar-refractivity contribution is 7.26. The minimum absolute atomic E-state index is 1.11. The molecule has 0 unspecified atom stereocenters. The molecule has 3 heterocycles. The van der Waals surface area contributed by atoms with Gasteiger partial charge in [0.2, 0.25) is 0 Å². The van der Waals surface area contributed by atoms with E-state index < -0.39 is 0 Å². The first-order valence-electron chi connectivity index (χ1n) is 19.9. The molecule has 0 radical (unpaired) electrons. The van der Waals surface area contributed by atoms with Gasteiger partial charge in [-0.1, -0.05) is 115 Å². The first-order chi connectivity index (χ1) is 29.3. The van der Waals surface area contributed by atoms with Gasteiger partial charge < -0.3 is 14.4 Å². The number of aromatic nitrogens is 1. The van der Waals surface area contributed by atoms with Gasteiger partial charge in [0.1, 0.15) is 4.83 Å². The molecule has 9 aromatic carbocycles. The van der Waals surface area contributed by atoms with Crippen molar-refractivity contribution in [3.8, 4) is 5.69 Å². The highest BCUT2D eigenvalue weighted by atomic mass is 32.1. The van der Waals surface area contributed by atoms with Gasteiger partial charge in [0, 0.05) is 80.8 Å². The molecular weight excluding hydrogens is 755 g/mol. The fourth-order valence-electron chi connectivity index (χ4n) is 8.89. The molecule has 3 nitrogen and oxygen atoms in total.